The number of carboxylic acids is 1. The molecule has 5 rings (SSSR count). The van der Waals surface area contributed by atoms with Crippen LogP contribution in [0.15, 0.2) is 72.8 Å². The van der Waals surface area contributed by atoms with Gasteiger partial charge in [0.2, 0.25) is 0 Å². The highest BCUT2D eigenvalue weighted by Crippen LogP contribution is 2.35. The van der Waals surface area contributed by atoms with Crippen molar-refractivity contribution in [2.75, 3.05) is 44.9 Å². The summed E-state index contributed by atoms with van der Waals surface area (Å²) in [6.45, 7) is 2.28. The van der Waals surface area contributed by atoms with Crippen LogP contribution in [0.2, 0.25) is 0 Å². The molecular weight excluding hydrogens is 552 g/mol. The summed E-state index contributed by atoms with van der Waals surface area (Å²) in [6.07, 6.45) is 0.536. The number of nitrogens with zero attached hydrogens (tertiary/aromatic N) is 2. The van der Waals surface area contributed by atoms with Crippen LogP contribution in [0.3, 0.4) is 0 Å². The standard InChI is InChI=1S/C33H36N2O8/c1-40-17-5-15-35-28-18-24(8-13-29(28)42-22-31(35)36)21-41-30-19-34(33(39)43-20-23-6-3-2-4-7-23)16-14-27(30)25-9-11-26(12-10-25)32(37)38/h2-4,6-13,18,27,30H,5,14-17,19-22H2,1H3,(H,37,38). The fourth-order valence-electron chi connectivity index (χ4n) is 5.47. The number of fused-ring (bicyclic) bond motifs is 1. The smallest absolute Gasteiger partial charge is 0.410 e. The van der Waals surface area contributed by atoms with Crippen molar-refractivity contribution in [2.45, 2.75) is 38.1 Å². The summed E-state index contributed by atoms with van der Waals surface area (Å²) in [6, 6.07) is 22.0. The lowest BCUT2D eigenvalue weighted by Gasteiger charge is -2.38. The van der Waals surface area contributed by atoms with Crippen LogP contribution < -0.4 is 9.64 Å². The molecule has 2 unspecified atom stereocenters. The van der Waals surface area contributed by atoms with E-state index in [9.17, 15) is 19.5 Å². The Kier molecular flexibility index (Phi) is 9.91. The van der Waals surface area contributed by atoms with Crippen molar-refractivity contribution < 1.29 is 38.4 Å². The summed E-state index contributed by atoms with van der Waals surface area (Å²) in [5.41, 5.74) is 3.62. The van der Waals surface area contributed by atoms with Gasteiger partial charge in [0.1, 0.15) is 12.4 Å². The Balaban J connectivity index is 1.31. The van der Waals surface area contributed by atoms with Crippen molar-refractivity contribution in [3.8, 4) is 5.75 Å². The normalized spacial score (nSPS) is 18.1. The lowest BCUT2D eigenvalue weighted by Crippen LogP contribution is -2.47. The maximum Gasteiger partial charge on any atom is 0.410 e. The van der Waals surface area contributed by atoms with Gasteiger partial charge >= 0.3 is 12.1 Å². The van der Waals surface area contributed by atoms with Gasteiger partial charge < -0.3 is 33.9 Å². The van der Waals surface area contributed by atoms with Gasteiger partial charge in [0.05, 0.1) is 30.5 Å². The topological polar surface area (TPSA) is 115 Å². The van der Waals surface area contributed by atoms with E-state index in [4.69, 9.17) is 18.9 Å². The number of ether oxygens (including phenoxy) is 4. The third-order valence-electron chi connectivity index (χ3n) is 7.77. The lowest BCUT2D eigenvalue weighted by molar-refractivity contribution is -0.121. The Morgan fingerprint density at radius 1 is 1.00 bits per heavy atom. The minimum absolute atomic E-state index is 0.00351. The van der Waals surface area contributed by atoms with Crippen LogP contribution in [0.5, 0.6) is 5.75 Å². The SMILES string of the molecule is COCCCN1C(=O)COc2ccc(COC3CN(C(=O)OCc4ccccc4)CCC3c3ccc(C(=O)O)cc3)cc21. The van der Waals surface area contributed by atoms with Gasteiger partial charge in [0.15, 0.2) is 6.61 Å². The summed E-state index contributed by atoms with van der Waals surface area (Å²) in [5, 5.41) is 9.33. The van der Waals surface area contributed by atoms with Gasteiger partial charge in [-0.25, -0.2) is 9.59 Å². The number of carbonyl (C=O) groups is 3. The fraction of sp³-hybridized carbons (Fsp3) is 0.364. The molecule has 0 aliphatic carbocycles. The summed E-state index contributed by atoms with van der Waals surface area (Å²) in [5.74, 6) is -0.513. The zero-order valence-electron chi connectivity index (χ0n) is 24.1. The molecule has 0 radical (unpaired) electrons. The maximum atomic E-state index is 13.0. The molecule has 0 saturated carbocycles. The molecule has 1 fully saturated rings. The van der Waals surface area contributed by atoms with Crippen molar-refractivity contribution >= 4 is 23.7 Å². The predicted octanol–water partition coefficient (Wildman–Crippen LogP) is 4.86. The van der Waals surface area contributed by atoms with E-state index < -0.39 is 12.1 Å². The molecule has 1 saturated heterocycles. The number of methoxy groups -OCH3 is 1. The number of anilines is 1. The van der Waals surface area contributed by atoms with E-state index in [2.05, 4.69) is 0 Å². The molecule has 0 bridgehead atoms. The van der Waals surface area contributed by atoms with Crippen molar-refractivity contribution in [2.24, 2.45) is 0 Å². The Labute approximate surface area is 250 Å². The van der Waals surface area contributed by atoms with Crippen LogP contribution in [0.4, 0.5) is 10.5 Å². The van der Waals surface area contributed by atoms with E-state index in [1.165, 1.54) is 0 Å². The summed E-state index contributed by atoms with van der Waals surface area (Å²) in [7, 11) is 1.63. The highest BCUT2D eigenvalue weighted by molar-refractivity contribution is 5.97. The lowest BCUT2D eigenvalue weighted by atomic mass is 9.86. The first-order chi connectivity index (χ1) is 20.9. The molecule has 10 heteroatoms. The van der Waals surface area contributed by atoms with Crippen LogP contribution in [0.25, 0.3) is 0 Å². The monoisotopic (exact) mass is 588 g/mol. The minimum Gasteiger partial charge on any atom is -0.482 e. The first kappa shape index (κ1) is 30.1. The van der Waals surface area contributed by atoms with Crippen LogP contribution in [0, 0.1) is 0 Å². The number of rotatable bonds is 11. The average Bonchev–Trinajstić information content (AvgIpc) is 3.04. The number of piperidine rings is 1. The molecule has 2 amide bonds. The second kappa shape index (κ2) is 14.2. The highest BCUT2D eigenvalue weighted by atomic mass is 16.6. The quantitative estimate of drug-likeness (QED) is 0.316. The zero-order chi connectivity index (χ0) is 30.2. The summed E-state index contributed by atoms with van der Waals surface area (Å²) < 4.78 is 22.9. The van der Waals surface area contributed by atoms with Crippen molar-refractivity contribution in [3.05, 3.63) is 95.1 Å². The summed E-state index contributed by atoms with van der Waals surface area (Å²) >= 11 is 0. The second-order valence-electron chi connectivity index (χ2n) is 10.6. The van der Waals surface area contributed by atoms with Gasteiger partial charge in [-0.05, 0) is 53.8 Å². The van der Waals surface area contributed by atoms with Gasteiger partial charge in [0.25, 0.3) is 5.91 Å². The number of aromatic carboxylic acids is 1. The molecule has 0 spiro atoms. The Hall–Kier alpha value is -4.41. The van der Waals surface area contributed by atoms with E-state index in [1.807, 2.05) is 60.7 Å². The molecule has 2 aliphatic heterocycles. The van der Waals surface area contributed by atoms with E-state index in [0.717, 1.165) is 16.7 Å². The van der Waals surface area contributed by atoms with Crippen LogP contribution in [-0.2, 0) is 32.2 Å². The first-order valence-electron chi connectivity index (χ1n) is 14.4. The van der Waals surface area contributed by atoms with Crippen LogP contribution in [-0.4, -0.2) is 74.0 Å². The predicted molar refractivity (Wildman–Crippen MR) is 158 cm³/mol. The molecule has 43 heavy (non-hydrogen) atoms. The number of carbonyl (C=O) groups excluding carboxylic acids is 2. The molecule has 2 aliphatic rings. The zero-order valence-corrected chi connectivity index (χ0v) is 24.1. The number of hydrogen-bond donors (Lipinski definition) is 1. The largest absolute Gasteiger partial charge is 0.482 e. The van der Waals surface area contributed by atoms with Gasteiger partial charge in [-0.1, -0.05) is 48.5 Å². The Morgan fingerprint density at radius 3 is 2.53 bits per heavy atom. The van der Waals surface area contributed by atoms with E-state index in [-0.39, 0.29) is 43.3 Å². The second-order valence-corrected chi connectivity index (χ2v) is 10.6. The maximum absolute atomic E-state index is 13.0. The Morgan fingerprint density at radius 2 is 1.79 bits per heavy atom. The molecule has 2 heterocycles. The van der Waals surface area contributed by atoms with E-state index >= 15 is 0 Å². The summed E-state index contributed by atoms with van der Waals surface area (Å²) in [4.78, 5) is 40.4. The minimum atomic E-state index is -0.985. The highest BCUT2D eigenvalue weighted by Gasteiger charge is 2.34. The molecule has 3 aromatic carbocycles. The van der Waals surface area contributed by atoms with Gasteiger partial charge in [-0.3, -0.25) is 4.79 Å². The van der Waals surface area contributed by atoms with Crippen molar-refractivity contribution in [1.82, 2.24) is 4.90 Å². The first-order valence-corrected chi connectivity index (χ1v) is 14.4. The van der Waals surface area contributed by atoms with Crippen molar-refractivity contribution in [1.29, 1.82) is 0 Å². The molecule has 10 nitrogen and oxygen atoms in total. The molecule has 0 aromatic heterocycles. The van der Waals surface area contributed by atoms with Crippen LogP contribution >= 0.6 is 0 Å². The van der Waals surface area contributed by atoms with E-state index in [0.29, 0.717) is 50.5 Å². The number of likely N-dealkylation sites (tertiary alicyclic amines) is 1. The number of benzene rings is 3. The molecule has 1 N–H and O–H groups in total. The van der Waals surface area contributed by atoms with Crippen LogP contribution in [0.1, 0.15) is 45.8 Å². The number of amides is 2. The third kappa shape index (κ3) is 7.52. The van der Waals surface area contributed by atoms with E-state index in [1.54, 1.807) is 29.0 Å². The fourth-order valence-corrected chi connectivity index (χ4v) is 5.47. The molecular formula is C33H36N2O8. The van der Waals surface area contributed by atoms with Gasteiger partial charge in [-0.15, -0.1) is 0 Å². The third-order valence-corrected chi connectivity index (χ3v) is 7.77. The molecule has 3 aromatic rings. The van der Waals surface area contributed by atoms with Gasteiger partial charge in [-0.2, -0.15) is 0 Å². The average molecular weight is 589 g/mol. The Bertz CT molecular complexity index is 1410. The van der Waals surface area contributed by atoms with Crippen molar-refractivity contribution in [3.63, 3.8) is 0 Å². The molecule has 226 valence electrons. The number of hydrogen-bond acceptors (Lipinski definition) is 7. The van der Waals surface area contributed by atoms with Gasteiger partial charge in [0, 0.05) is 32.7 Å². The molecule has 2 atom stereocenters. The number of carboxylic acid groups (broad SMARTS) is 1.